The van der Waals surface area contributed by atoms with Gasteiger partial charge in [0.15, 0.2) is 29.1 Å². The van der Waals surface area contributed by atoms with Crippen LogP contribution >= 0.6 is 91.8 Å². The first-order chi connectivity index (χ1) is 63.0. The van der Waals surface area contributed by atoms with Crippen LogP contribution in [-0.2, 0) is 59.3 Å². The summed E-state index contributed by atoms with van der Waals surface area (Å²) in [5.74, 6) is -0.376. The summed E-state index contributed by atoms with van der Waals surface area (Å²) in [5.41, 5.74) is 10.1. The van der Waals surface area contributed by atoms with Crippen molar-refractivity contribution < 1.29 is 72.0 Å². The van der Waals surface area contributed by atoms with E-state index in [9.17, 15) is 72.0 Å². The first-order valence-corrected chi connectivity index (χ1v) is 48.4. The van der Waals surface area contributed by atoms with Crippen LogP contribution in [0, 0.1) is 0 Å². The molecular weight excluding hydrogens is 1960 g/mol. The molecular formula is C78H66Cl4N26O16S8. The lowest BCUT2D eigenvalue weighted by atomic mass is 10.1. The molecule has 12 heterocycles. The second kappa shape index (κ2) is 41.8. The number of aromatic nitrogens is 6. The molecule has 4 aliphatic heterocycles. The van der Waals surface area contributed by atoms with Gasteiger partial charge in [-0.2, -0.15) is 40.4 Å². The SMILES string of the molecule is CNc1ccc(C2=NN(c3ccc(NC(=O)NS(=O)(=O)c4ccc(Cl)s4)cn3)C(=O)C2)cc1.CNc1ccc(C2=NN(c3ccc(NC(=O)NS(=O)(=O)c4ccc(Cl)s4)nc3)C(=O)C2)cc1.CNc1ccc(C2=NN(c3ccc(NC(=O)NS(=O)(=O)c4ccc(Cl)s4)nn3)C(=O)C2)cc1.CNc1ccc(C2=NN(c3cnc(NC(=O)NS(=O)(=O)c4ccc(Cl)s4)cn3)C(=O)C2)cc1. The van der Waals surface area contributed by atoms with E-state index in [0.717, 1.165) is 100 Å². The summed E-state index contributed by atoms with van der Waals surface area (Å²) in [4.78, 5) is 114. The van der Waals surface area contributed by atoms with Gasteiger partial charge in [-0.15, -0.1) is 55.5 Å². The monoisotopic (exact) mass is 2020 g/mol. The van der Waals surface area contributed by atoms with Gasteiger partial charge in [0.2, 0.25) is 0 Å². The van der Waals surface area contributed by atoms with Crippen molar-refractivity contribution in [2.45, 2.75) is 42.5 Å². The Labute approximate surface area is 786 Å². The molecule has 12 amide bonds. The molecule has 0 saturated heterocycles. The average Bonchev–Trinajstić information content (AvgIpc) is 1.66. The molecule has 54 heteroatoms. The molecule has 132 heavy (non-hydrogen) atoms. The number of urea groups is 4. The fraction of sp³-hybridized carbons (Fsp3) is 0.103. The van der Waals surface area contributed by atoms with Crippen molar-refractivity contribution >= 4 is 271 Å². The number of hydrogen-bond acceptors (Lipinski definition) is 34. The Bertz CT molecular complexity index is 6190. The summed E-state index contributed by atoms with van der Waals surface area (Å²) in [5, 5.41) is 51.2. The van der Waals surface area contributed by atoms with Gasteiger partial charge < -0.3 is 26.6 Å². The van der Waals surface area contributed by atoms with Gasteiger partial charge in [-0.05, 0) is 156 Å². The van der Waals surface area contributed by atoms with E-state index in [2.05, 4.69) is 93.1 Å². The number of amides is 12. The highest BCUT2D eigenvalue weighted by Crippen LogP contribution is 2.33. The van der Waals surface area contributed by atoms with E-state index in [-0.39, 0.29) is 124 Å². The maximum atomic E-state index is 12.5. The van der Waals surface area contributed by atoms with E-state index in [1.54, 1.807) is 6.07 Å². The van der Waals surface area contributed by atoms with Gasteiger partial charge in [0.1, 0.15) is 22.7 Å². The molecule has 12 N–H and O–H groups in total. The number of benzene rings is 4. The Hall–Kier alpha value is -14.1. The number of pyridine rings is 2. The molecule has 0 unspecified atom stereocenters. The number of halogens is 4. The van der Waals surface area contributed by atoms with Crippen LogP contribution in [0.15, 0.2) is 244 Å². The number of nitrogens with zero attached hydrogens (tertiary/aromatic N) is 14. The van der Waals surface area contributed by atoms with Crippen LogP contribution in [0.25, 0.3) is 0 Å². The molecule has 42 nitrogen and oxygen atoms in total. The number of carbonyl (C=O) groups excluding carboxylic acids is 8. The van der Waals surface area contributed by atoms with E-state index in [1.807, 2.05) is 144 Å². The first-order valence-electron chi connectivity index (χ1n) is 37.7. The Morgan fingerprint density at radius 3 is 0.909 bits per heavy atom. The Morgan fingerprint density at radius 1 is 0.295 bits per heavy atom. The molecule has 0 aliphatic carbocycles. The van der Waals surface area contributed by atoms with E-state index in [4.69, 9.17) is 46.4 Å². The molecule has 8 aromatic heterocycles. The molecule has 0 radical (unpaired) electrons. The largest absolute Gasteiger partial charge is 0.388 e. The summed E-state index contributed by atoms with van der Waals surface area (Å²) >= 11 is 26.2. The third-order valence-corrected chi connectivity index (χ3v) is 30.2. The minimum absolute atomic E-state index is 0.0193. The zero-order chi connectivity index (χ0) is 94.3. The molecule has 4 aromatic carbocycles. The lowest BCUT2D eigenvalue weighted by Gasteiger charge is -2.12. The number of thiophene rings is 4. The summed E-state index contributed by atoms with van der Waals surface area (Å²) in [7, 11) is -8.99. The fourth-order valence-corrected chi connectivity index (χ4v) is 21.2. The quantitative estimate of drug-likeness (QED) is 0.0267. The normalized spacial score (nSPS) is 13.6. The van der Waals surface area contributed by atoms with Crippen molar-refractivity contribution in [1.29, 1.82) is 0 Å². The Morgan fingerprint density at radius 2 is 0.598 bits per heavy atom. The lowest BCUT2D eigenvalue weighted by molar-refractivity contribution is -0.117. The summed E-state index contributed by atoms with van der Waals surface area (Å²) in [6.07, 6.45) is 5.58. The first kappa shape index (κ1) is 95.5. The molecule has 0 spiro atoms. The Kier molecular flexibility index (Phi) is 30.2. The predicted octanol–water partition coefficient (Wildman–Crippen LogP) is 12.7. The third-order valence-electron chi connectivity index (χ3n) is 18.0. The predicted molar refractivity (Wildman–Crippen MR) is 506 cm³/mol. The van der Waals surface area contributed by atoms with E-state index in [0.29, 0.717) is 28.5 Å². The van der Waals surface area contributed by atoms with Crippen molar-refractivity contribution in [1.82, 2.24) is 49.0 Å². The summed E-state index contributed by atoms with van der Waals surface area (Å²) in [6.45, 7) is 0. The van der Waals surface area contributed by atoms with Crippen LogP contribution < -0.4 is 81.5 Å². The van der Waals surface area contributed by atoms with E-state index >= 15 is 0 Å². The molecule has 0 saturated carbocycles. The number of carbonyl (C=O) groups is 8. The minimum Gasteiger partial charge on any atom is -0.388 e. The highest BCUT2D eigenvalue weighted by Gasteiger charge is 2.33. The van der Waals surface area contributed by atoms with Gasteiger partial charge >= 0.3 is 24.1 Å². The second-order valence-electron chi connectivity index (χ2n) is 26.8. The van der Waals surface area contributed by atoms with E-state index in [1.165, 1.54) is 114 Å². The number of sulfonamides is 4. The maximum Gasteiger partial charge on any atom is 0.334 e. The molecule has 4 aliphatic rings. The van der Waals surface area contributed by atoms with Crippen LogP contribution in [0.2, 0.25) is 17.3 Å². The molecule has 0 atom stereocenters. The highest BCUT2D eigenvalue weighted by molar-refractivity contribution is 7.93. The molecule has 0 fully saturated rings. The van der Waals surface area contributed by atoms with Crippen molar-refractivity contribution in [3.05, 3.63) is 246 Å². The maximum absolute atomic E-state index is 12.5. The molecule has 12 aromatic rings. The second-order valence-corrected chi connectivity index (χ2v) is 41.3. The number of hydrogen-bond donors (Lipinski definition) is 12. The van der Waals surface area contributed by atoms with Crippen molar-refractivity contribution in [3.63, 3.8) is 0 Å². The van der Waals surface area contributed by atoms with Crippen LogP contribution in [0.5, 0.6) is 0 Å². The highest BCUT2D eigenvalue weighted by atomic mass is 35.5. The van der Waals surface area contributed by atoms with Crippen molar-refractivity contribution in [2.24, 2.45) is 20.4 Å². The van der Waals surface area contributed by atoms with Crippen LogP contribution in [-0.4, -0.2) is 163 Å². The van der Waals surface area contributed by atoms with Crippen molar-refractivity contribution in [3.8, 4) is 0 Å². The minimum atomic E-state index is -4.08. The number of anilines is 12. The number of nitrogens with one attached hydrogen (secondary N) is 12. The van der Waals surface area contributed by atoms with Gasteiger partial charge in [-0.3, -0.25) is 35.1 Å². The van der Waals surface area contributed by atoms with Crippen LogP contribution in [0.4, 0.5) is 88.2 Å². The lowest BCUT2D eigenvalue weighted by Crippen LogP contribution is -2.34. The standard InChI is InChI=1S/2C20H17ClN6O4S2.2C19H16ClN7O4S2/c1-22-13-4-2-12(3-5-13)15-10-18(28)27(25-15)14-6-8-17(23-11-14)24-20(29)26-33(30,31)19-9-7-16(21)32-19;1-22-13-4-2-12(3-5-13)15-10-18(28)27(25-15)17-8-6-14(11-23-17)24-20(29)26-33(30,31)19-9-7-16(21)32-19;1-21-12-4-2-11(3-5-12)13-10-17(28)27(25-13)16-8-7-15(23-24-16)22-19(29)26-33(30,31)18-9-6-14(20)32-18;1-21-12-4-2-11(3-5-12)13-8-17(28)27(25-13)16-10-22-15(9-23-16)24-19(29)26-33(30,31)18-7-6-14(20)32-18/h2-9,11,22H,10H2,1H3,(H2,23,24,26,29);2-9,11,22H,10H2,1H3,(H2,24,26,29);2-9,21H,10H2,1H3,(H2,22,23,26,29);2-7,9-10,21H,8H2,1H3,(H2,22,24,26,29). The van der Waals surface area contributed by atoms with Gasteiger partial charge in [0, 0.05) is 50.9 Å². The zero-order valence-corrected chi connectivity index (χ0v) is 77.6. The van der Waals surface area contributed by atoms with Gasteiger partial charge in [-0.25, -0.2) is 91.7 Å². The smallest absolute Gasteiger partial charge is 0.334 e. The molecule has 680 valence electrons. The third kappa shape index (κ3) is 24.5. The molecule has 16 rings (SSSR count). The van der Waals surface area contributed by atoms with Gasteiger partial charge in [0.25, 0.3) is 63.7 Å². The van der Waals surface area contributed by atoms with Crippen molar-refractivity contribution in [2.75, 3.05) is 90.8 Å². The number of rotatable bonds is 24. The average molecular weight is 2020 g/mol. The fourth-order valence-electron chi connectivity index (χ4n) is 11.6. The van der Waals surface area contributed by atoms with E-state index < -0.39 is 64.2 Å². The summed E-state index contributed by atoms with van der Waals surface area (Å²) in [6, 6.07) is 45.6. The Balaban J connectivity index is 0.000000150. The summed E-state index contributed by atoms with van der Waals surface area (Å²) < 4.78 is 106. The zero-order valence-electron chi connectivity index (χ0n) is 68.0. The van der Waals surface area contributed by atoms with Gasteiger partial charge in [0.05, 0.1) is 102 Å². The van der Waals surface area contributed by atoms with Crippen LogP contribution in [0.1, 0.15) is 47.9 Å². The van der Waals surface area contributed by atoms with Crippen LogP contribution in [0.3, 0.4) is 0 Å². The number of hydrazone groups is 4. The van der Waals surface area contributed by atoms with Gasteiger partial charge in [-0.1, -0.05) is 94.9 Å². The topological polar surface area (TPSA) is 557 Å². The molecule has 0 bridgehead atoms.